The van der Waals surface area contributed by atoms with Crippen molar-refractivity contribution < 1.29 is 9.47 Å². The molecule has 0 aromatic rings. The van der Waals surface area contributed by atoms with Crippen LogP contribution in [0.3, 0.4) is 0 Å². The molecule has 1 aliphatic heterocycles. The van der Waals surface area contributed by atoms with Crippen molar-refractivity contribution >= 4 is 0 Å². The van der Waals surface area contributed by atoms with Crippen molar-refractivity contribution in [1.82, 2.24) is 0 Å². The van der Waals surface area contributed by atoms with E-state index in [9.17, 15) is 0 Å². The molecule has 12 heavy (non-hydrogen) atoms. The number of hydrogen-bond acceptors (Lipinski definition) is 2. The summed E-state index contributed by atoms with van der Waals surface area (Å²) < 4.78 is 11.1. The number of allylic oxidation sites excluding steroid dienone is 2. The standard InChI is InChI=1S/C10H16O2/c1-8-2-4-9-10(5-3-8)12-7-6-11-9/h8H,2-7H2,1H3. The molecule has 0 unspecified atom stereocenters. The van der Waals surface area contributed by atoms with Gasteiger partial charge in [-0.1, -0.05) is 6.92 Å². The monoisotopic (exact) mass is 168 g/mol. The second-order valence-corrected chi connectivity index (χ2v) is 3.73. The molecule has 0 N–H and O–H groups in total. The first-order chi connectivity index (χ1) is 5.86. The Labute approximate surface area is 73.5 Å². The van der Waals surface area contributed by atoms with Gasteiger partial charge < -0.3 is 9.47 Å². The Hall–Kier alpha value is -0.660. The average Bonchev–Trinajstić information content (AvgIpc) is 2.29. The van der Waals surface area contributed by atoms with Crippen LogP contribution in [-0.4, -0.2) is 13.2 Å². The molecule has 0 saturated carbocycles. The zero-order valence-corrected chi connectivity index (χ0v) is 7.64. The van der Waals surface area contributed by atoms with Crippen molar-refractivity contribution in [1.29, 1.82) is 0 Å². The molecular formula is C10H16O2. The molecule has 0 spiro atoms. The largest absolute Gasteiger partial charge is 0.491 e. The highest BCUT2D eigenvalue weighted by Gasteiger charge is 2.20. The molecule has 2 rings (SSSR count). The van der Waals surface area contributed by atoms with Crippen LogP contribution in [0.15, 0.2) is 11.5 Å². The molecule has 0 radical (unpaired) electrons. The van der Waals surface area contributed by atoms with Crippen LogP contribution in [0.4, 0.5) is 0 Å². The van der Waals surface area contributed by atoms with Crippen molar-refractivity contribution in [2.24, 2.45) is 5.92 Å². The van der Waals surface area contributed by atoms with Crippen LogP contribution in [0.5, 0.6) is 0 Å². The summed E-state index contributed by atoms with van der Waals surface area (Å²) in [4.78, 5) is 0. The van der Waals surface area contributed by atoms with Crippen molar-refractivity contribution in [3.8, 4) is 0 Å². The summed E-state index contributed by atoms with van der Waals surface area (Å²) in [7, 11) is 0. The fraction of sp³-hybridized carbons (Fsp3) is 0.800. The van der Waals surface area contributed by atoms with E-state index >= 15 is 0 Å². The average molecular weight is 168 g/mol. The molecule has 0 atom stereocenters. The Kier molecular flexibility index (Phi) is 2.24. The minimum atomic E-state index is 0.743. The molecule has 0 bridgehead atoms. The van der Waals surface area contributed by atoms with Gasteiger partial charge in [0.25, 0.3) is 0 Å². The van der Waals surface area contributed by atoms with E-state index in [2.05, 4.69) is 6.92 Å². The fourth-order valence-electron chi connectivity index (χ4n) is 1.81. The van der Waals surface area contributed by atoms with E-state index in [1.54, 1.807) is 0 Å². The SMILES string of the molecule is CC1CCC2=C(CC1)OCCO2. The molecule has 0 saturated heterocycles. The van der Waals surface area contributed by atoms with Gasteiger partial charge in [-0.3, -0.25) is 0 Å². The molecule has 2 heteroatoms. The van der Waals surface area contributed by atoms with Crippen LogP contribution in [0.1, 0.15) is 32.6 Å². The van der Waals surface area contributed by atoms with E-state index in [0.29, 0.717) is 0 Å². The lowest BCUT2D eigenvalue weighted by Gasteiger charge is -2.20. The van der Waals surface area contributed by atoms with Gasteiger partial charge in [0.15, 0.2) is 0 Å². The molecule has 0 fully saturated rings. The maximum Gasteiger partial charge on any atom is 0.134 e. The van der Waals surface area contributed by atoms with E-state index in [4.69, 9.17) is 9.47 Å². The molecule has 2 aliphatic rings. The zero-order valence-electron chi connectivity index (χ0n) is 7.64. The molecule has 2 nitrogen and oxygen atoms in total. The minimum absolute atomic E-state index is 0.743. The van der Waals surface area contributed by atoms with E-state index < -0.39 is 0 Å². The highest BCUT2D eigenvalue weighted by molar-refractivity contribution is 5.05. The van der Waals surface area contributed by atoms with Crippen molar-refractivity contribution in [2.75, 3.05) is 13.2 Å². The van der Waals surface area contributed by atoms with Gasteiger partial charge in [-0.05, 0) is 18.8 Å². The minimum Gasteiger partial charge on any atom is -0.491 e. The topological polar surface area (TPSA) is 18.5 Å². The van der Waals surface area contributed by atoms with Gasteiger partial charge in [-0.25, -0.2) is 0 Å². The van der Waals surface area contributed by atoms with Crippen LogP contribution in [0, 0.1) is 5.92 Å². The van der Waals surface area contributed by atoms with Gasteiger partial charge in [0.05, 0.1) is 0 Å². The van der Waals surface area contributed by atoms with Crippen LogP contribution in [0.25, 0.3) is 0 Å². The summed E-state index contributed by atoms with van der Waals surface area (Å²) >= 11 is 0. The van der Waals surface area contributed by atoms with Crippen molar-refractivity contribution in [3.05, 3.63) is 11.5 Å². The van der Waals surface area contributed by atoms with Gasteiger partial charge in [0.1, 0.15) is 24.7 Å². The van der Waals surface area contributed by atoms with Gasteiger partial charge in [-0.15, -0.1) is 0 Å². The lowest BCUT2D eigenvalue weighted by Crippen LogP contribution is -2.12. The van der Waals surface area contributed by atoms with E-state index in [1.807, 2.05) is 0 Å². The van der Waals surface area contributed by atoms with Crippen LogP contribution < -0.4 is 0 Å². The lowest BCUT2D eigenvalue weighted by molar-refractivity contribution is 0.0550. The van der Waals surface area contributed by atoms with Gasteiger partial charge in [0.2, 0.25) is 0 Å². The van der Waals surface area contributed by atoms with Crippen LogP contribution in [-0.2, 0) is 9.47 Å². The second-order valence-electron chi connectivity index (χ2n) is 3.73. The Morgan fingerprint density at radius 2 is 1.50 bits per heavy atom. The summed E-state index contributed by atoms with van der Waals surface area (Å²) in [6.45, 7) is 3.79. The maximum atomic E-state index is 5.56. The van der Waals surface area contributed by atoms with Gasteiger partial charge in [0, 0.05) is 12.8 Å². The van der Waals surface area contributed by atoms with E-state index in [0.717, 1.165) is 43.5 Å². The normalized spacial score (nSPS) is 25.4. The van der Waals surface area contributed by atoms with Crippen molar-refractivity contribution in [2.45, 2.75) is 32.6 Å². The molecular weight excluding hydrogens is 152 g/mol. The molecule has 68 valence electrons. The first kappa shape index (κ1) is 7.96. The number of rotatable bonds is 0. The summed E-state index contributed by atoms with van der Waals surface area (Å²) in [5, 5.41) is 0. The molecule has 1 aliphatic carbocycles. The molecule has 0 aromatic carbocycles. The zero-order chi connectivity index (χ0) is 8.39. The third kappa shape index (κ3) is 1.57. The maximum absolute atomic E-state index is 5.56. The van der Waals surface area contributed by atoms with Crippen molar-refractivity contribution in [3.63, 3.8) is 0 Å². The Morgan fingerprint density at radius 3 is 2.00 bits per heavy atom. The Balaban J connectivity index is 2.07. The molecule has 0 aromatic heterocycles. The predicted octanol–water partition coefficient (Wildman–Crippen LogP) is 2.45. The smallest absolute Gasteiger partial charge is 0.134 e. The highest BCUT2D eigenvalue weighted by atomic mass is 16.6. The Morgan fingerprint density at radius 1 is 1.00 bits per heavy atom. The third-order valence-corrected chi connectivity index (χ3v) is 2.68. The summed E-state index contributed by atoms with van der Waals surface area (Å²) in [6.07, 6.45) is 4.66. The van der Waals surface area contributed by atoms with Gasteiger partial charge in [-0.2, -0.15) is 0 Å². The second kappa shape index (κ2) is 3.38. The van der Waals surface area contributed by atoms with E-state index in [-0.39, 0.29) is 0 Å². The van der Waals surface area contributed by atoms with E-state index in [1.165, 1.54) is 12.8 Å². The number of hydrogen-bond donors (Lipinski definition) is 0. The summed E-state index contributed by atoms with van der Waals surface area (Å²) in [5.41, 5.74) is 0. The highest BCUT2D eigenvalue weighted by Crippen LogP contribution is 2.30. The molecule has 1 heterocycles. The van der Waals surface area contributed by atoms with Crippen LogP contribution >= 0.6 is 0 Å². The first-order valence-corrected chi connectivity index (χ1v) is 4.84. The number of ether oxygens (including phenoxy) is 2. The summed E-state index contributed by atoms with van der Waals surface area (Å²) in [5.74, 6) is 3.08. The summed E-state index contributed by atoms with van der Waals surface area (Å²) in [6, 6.07) is 0. The quantitative estimate of drug-likeness (QED) is 0.553. The molecule has 0 amide bonds. The van der Waals surface area contributed by atoms with Crippen LogP contribution in [0.2, 0.25) is 0 Å². The first-order valence-electron chi connectivity index (χ1n) is 4.84. The van der Waals surface area contributed by atoms with Gasteiger partial charge >= 0.3 is 0 Å². The fourth-order valence-corrected chi connectivity index (χ4v) is 1.81. The Bertz CT molecular complexity index is 176. The third-order valence-electron chi connectivity index (χ3n) is 2.68. The predicted molar refractivity (Wildman–Crippen MR) is 46.6 cm³/mol. The lowest BCUT2D eigenvalue weighted by atomic mass is 10.0.